The maximum atomic E-state index is 13.6. The molecule has 27 heavy (non-hydrogen) atoms. The second-order valence-corrected chi connectivity index (χ2v) is 8.41. The van der Waals surface area contributed by atoms with Crippen molar-refractivity contribution in [3.05, 3.63) is 29.8 Å². The smallest absolute Gasteiger partial charge is 0.315 e. The lowest BCUT2D eigenvalue weighted by atomic mass is 9.80. The van der Waals surface area contributed by atoms with E-state index in [9.17, 15) is 9.59 Å². The van der Waals surface area contributed by atoms with Gasteiger partial charge < -0.3 is 15.5 Å². The molecule has 2 saturated carbocycles. The van der Waals surface area contributed by atoms with Crippen LogP contribution in [0.25, 0.3) is 0 Å². The van der Waals surface area contributed by atoms with Crippen molar-refractivity contribution in [3.8, 4) is 0 Å². The summed E-state index contributed by atoms with van der Waals surface area (Å²) in [6, 6.07) is 8.23. The molecule has 0 radical (unpaired) electrons. The van der Waals surface area contributed by atoms with Crippen LogP contribution in [-0.2, 0) is 11.2 Å². The van der Waals surface area contributed by atoms with E-state index in [1.54, 1.807) is 0 Å². The number of urea groups is 1. The summed E-state index contributed by atoms with van der Waals surface area (Å²) < 4.78 is 0. The number of para-hydroxylation sites is 1. The van der Waals surface area contributed by atoms with Crippen molar-refractivity contribution in [2.45, 2.75) is 82.2 Å². The predicted molar refractivity (Wildman–Crippen MR) is 107 cm³/mol. The molecule has 1 aromatic carbocycles. The molecule has 0 bridgehead atoms. The van der Waals surface area contributed by atoms with Gasteiger partial charge in [-0.2, -0.15) is 0 Å². The molecule has 3 amide bonds. The fourth-order valence-corrected chi connectivity index (χ4v) is 5.04. The van der Waals surface area contributed by atoms with Crippen LogP contribution in [-0.4, -0.2) is 30.1 Å². The molecule has 1 aromatic rings. The Kier molecular flexibility index (Phi) is 5.37. The zero-order chi connectivity index (χ0) is 18.7. The standard InChI is InChI=1S/C22H31N3O2/c26-20(25-16-13-17-9-5-6-12-19(17)25)22(14-7-2-8-15-22)24-21(27)23-18-10-3-1-4-11-18/h5-6,9,12,18H,1-4,7-8,10-11,13-16H2,(H2,23,24,27). The lowest BCUT2D eigenvalue weighted by Gasteiger charge is -2.40. The van der Waals surface area contributed by atoms with Gasteiger partial charge in [-0.15, -0.1) is 0 Å². The Labute approximate surface area is 161 Å². The molecule has 146 valence electrons. The van der Waals surface area contributed by atoms with Gasteiger partial charge in [0, 0.05) is 18.3 Å². The average Bonchev–Trinajstić information content (AvgIpc) is 3.13. The summed E-state index contributed by atoms with van der Waals surface area (Å²) in [6.07, 6.45) is 11.2. The number of carbonyl (C=O) groups excluding carboxylic acids is 2. The van der Waals surface area contributed by atoms with E-state index in [0.717, 1.165) is 57.1 Å². The topological polar surface area (TPSA) is 61.4 Å². The summed E-state index contributed by atoms with van der Waals surface area (Å²) in [7, 11) is 0. The lowest BCUT2D eigenvalue weighted by Crippen LogP contribution is -2.63. The number of anilines is 1. The maximum absolute atomic E-state index is 13.6. The minimum atomic E-state index is -0.756. The molecule has 4 rings (SSSR count). The largest absolute Gasteiger partial charge is 0.335 e. The number of carbonyl (C=O) groups is 2. The van der Waals surface area contributed by atoms with Gasteiger partial charge in [-0.05, 0) is 43.7 Å². The van der Waals surface area contributed by atoms with Crippen molar-refractivity contribution in [2.24, 2.45) is 0 Å². The summed E-state index contributed by atoms with van der Waals surface area (Å²) in [5.41, 5.74) is 1.49. The third-order valence-electron chi connectivity index (χ3n) is 6.54. The minimum absolute atomic E-state index is 0.0749. The number of hydrogen-bond acceptors (Lipinski definition) is 2. The molecule has 0 spiro atoms. The van der Waals surface area contributed by atoms with Gasteiger partial charge >= 0.3 is 6.03 Å². The molecule has 2 N–H and O–H groups in total. The molecule has 5 heteroatoms. The van der Waals surface area contributed by atoms with Crippen LogP contribution in [0.2, 0.25) is 0 Å². The fourth-order valence-electron chi connectivity index (χ4n) is 5.04. The first-order valence-electron chi connectivity index (χ1n) is 10.7. The first kappa shape index (κ1) is 18.3. The molecule has 1 aliphatic heterocycles. The molecule has 2 fully saturated rings. The predicted octanol–water partition coefficient (Wildman–Crippen LogP) is 3.91. The van der Waals surface area contributed by atoms with Crippen LogP contribution >= 0.6 is 0 Å². The summed E-state index contributed by atoms with van der Waals surface area (Å²) in [5.74, 6) is 0.0749. The number of benzene rings is 1. The van der Waals surface area contributed by atoms with Gasteiger partial charge in [-0.25, -0.2) is 4.79 Å². The van der Waals surface area contributed by atoms with Crippen LogP contribution in [0.4, 0.5) is 10.5 Å². The zero-order valence-corrected chi connectivity index (χ0v) is 16.1. The van der Waals surface area contributed by atoms with Crippen LogP contribution in [0.1, 0.15) is 69.8 Å². The van der Waals surface area contributed by atoms with Crippen LogP contribution in [0.5, 0.6) is 0 Å². The molecule has 5 nitrogen and oxygen atoms in total. The van der Waals surface area contributed by atoms with Crippen LogP contribution < -0.4 is 15.5 Å². The highest BCUT2D eigenvalue weighted by Gasteiger charge is 2.45. The van der Waals surface area contributed by atoms with Crippen LogP contribution in [0.15, 0.2) is 24.3 Å². The van der Waals surface area contributed by atoms with E-state index in [-0.39, 0.29) is 18.0 Å². The van der Waals surface area contributed by atoms with Crippen LogP contribution in [0, 0.1) is 0 Å². The first-order chi connectivity index (χ1) is 13.2. The van der Waals surface area contributed by atoms with Gasteiger partial charge in [-0.3, -0.25) is 4.79 Å². The van der Waals surface area contributed by atoms with E-state index in [0.29, 0.717) is 6.54 Å². The van der Waals surface area contributed by atoms with E-state index in [1.807, 2.05) is 23.1 Å². The highest BCUT2D eigenvalue weighted by Crippen LogP contribution is 2.35. The van der Waals surface area contributed by atoms with Crippen molar-refractivity contribution in [3.63, 3.8) is 0 Å². The van der Waals surface area contributed by atoms with E-state index < -0.39 is 5.54 Å². The maximum Gasteiger partial charge on any atom is 0.315 e. The Balaban J connectivity index is 1.50. The van der Waals surface area contributed by atoms with E-state index in [2.05, 4.69) is 16.7 Å². The molecule has 2 aliphatic carbocycles. The van der Waals surface area contributed by atoms with E-state index in [1.165, 1.54) is 24.8 Å². The van der Waals surface area contributed by atoms with Gasteiger partial charge in [0.1, 0.15) is 5.54 Å². The molecule has 1 heterocycles. The molecule has 0 aromatic heterocycles. The molecular weight excluding hydrogens is 338 g/mol. The number of amides is 3. The number of fused-ring (bicyclic) bond motifs is 1. The van der Waals surface area contributed by atoms with Gasteiger partial charge in [0.05, 0.1) is 0 Å². The summed E-state index contributed by atoms with van der Waals surface area (Å²) in [6.45, 7) is 0.714. The average molecular weight is 370 g/mol. The quantitative estimate of drug-likeness (QED) is 0.848. The Morgan fingerprint density at radius 2 is 1.67 bits per heavy atom. The number of nitrogens with one attached hydrogen (secondary N) is 2. The van der Waals surface area contributed by atoms with Crippen LogP contribution in [0.3, 0.4) is 0 Å². The highest BCUT2D eigenvalue weighted by molar-refractivity contribution is 6.03. The Hall–Kier alpha value is -2.04. The monoisotopic (exact) mass is 369 g/mol. The molecule has 0 saturated heterocycles. The normalized spacial score (nSPS) is 22.1. The number of nitrogens with zero attached hydrogens (tertiary/aromatic N) is 1. The molecular formula is C22H31N3O2. The Morgan fingerprint density at radius 3 is 2.44 bits per heavy atom. The van der Waals surface area contributed by atoms with Gasteiger partial charge in [0.2, 0.25) is 0 Å². The minimum Gasteiger partial charge on any atom is -0.335 e. The molecule has 0 unspecified atom stereocenters. The third-order valence-corrected chi connectivity index (χ3v) is 6.54. The summed E-state index contributed by atoms with van der Waals surface area (Å²) in [5, 5.41) is 6.28. The zero-order valence-electron chi connectivity index (χ0n) is 16.1. The van der Waals surface area contributed by atoms with Crippen molar-refractivity contribution < 1.29 is 9.59 Å². The first-order valence-corrected chi connectivity index (χ1v) is 10.7. The Morgan fingerprint density at radius 1 is 0.963 bits per heavy atom. The van der Waals surface area contributed by atoms with Crippen molar-refractivity contribution in [1.29, 1.82) is 0 Å². The number of hydrogen-bond donors (Lipinski definition) is 2. The second kappa shape index (κ2) is 7.91. The van der Waals surface area contributed by atoms with Crippen molar-refractivity contribution in [1.82, 2.24) is 10.6 Å². The van der Waals surface area contributed by atoms with Crippen molar-refractivity contribution in [2.75, 3.05) is 11.4 Å². The summed E-state index contributed by atoms with van der Waals surface area (Å²) in [4.78, 5) is 28.3. The molecule has 3 aliphatic rings. The number of rotatable bonds is 3. The second-order valence-electron chi connectivity index (χ2n) is 8.41. The van der Waals surface area contributed by atoms with E-state index >= 15 is 0 Å². The molecule has 0 atom stereocenters. The van der Waals surface area contributed by atoms with Crippen molar-refractivity contribution >= 4 is 17.6 Å². The Bertz CT molecular complexity index is 691. The van der Waals surface area contributed by atoms with Gasteiger partial charge in [-0.1, -0.05) is 56.7 Å². The third kappa shape index (κ3) is 3.83. The SMILES string of the molecule is O=C(NC1CCCCC1)NC1(C(=O)N2CCc3ccccc32)CCCCC1. The highest BCUT2D eigenvalue weighted by atomic mass is 16.2. The summed E-state index contributed by atoms with van der Waals surface area (Å²) >= 11 is 0. The fraction of sp³-hybridized carbons (Fsp3) is 0.636. The van der Waals surface area contributed by atoms with E-state index in [4.69, 9.17) is 0 Å². The van der Waals surface area contributed by atoms with Gasteiger partial charge in [0.15, 0.2) is 0 Å². The lowest BCUT2D eigenvalue weighted by molar-refractivity contribution is -0.125. The van der Waals surface area contributed by atoms with Gasteiger partial charge in [0.25, 0.3) is 5.91 Å².